The second kappa shape index (κ2) is 15.3. The van der Waals surface area contributed by atoms with E-state index >= 15 is 0 Å². The van der Waals surface area contributed by atoms with Crippen LogP contribution in [0.15, 0.2) is 24.3 Å². The third kappa shape index (κ3) is 13.3. The third-order valence-corrected chi connectivity index (χ3v) is 2.22. The summed E-state index contributed by atoms with van der Waals surface area (Å²) in [6.45, 7) is 7.85. The first-order chi connectivity index (χ1) is 8.22. The van der Waals surface area contributed by atoms with Crippen LogP contribution in [0.2, 0.25) is 0 Å². The molecule has 17 heavy (non-hydrogen) atoms. The summed E-state index contributed by atoms with van der Waals surface area (Å²) in [6.07, 6.45) is 6.52. The van der Waals surface area contributed by atoms with Crippen molar-refractivity contribution in [3.63, 3.8) is 0 Å². The van der Waals surface area contributed by atoms with Crippen LogP contribution in [0, 0.1) is 13.8 Å². The van der Waals surface area contributed by atoms with E-state index in [1.54, 1.807) is 6.07 Å². The molecule has 1 aromatic rings. The van der Waals surface area contributed by atoms with E-state index < -0.39 is 0 Å². The molecular weight excluding hydrogens is 259 g/mol. The molecule has 0 amide bonds. The van der Waals surface area contributed by atoms with Crippen molar-refractivity contribution in [2.75, 3.05) is 0 Å². The SMILES string of the molecule is Cc1ccccc1O.[CH2-]CCCCCC.[O]=[Co]. The molecule has 0 fully saturated rings. The van der Waals surface area contributed by atoms with Crippen LogP contribution in [0.4, 0.5) is 0 Å². The zero-order valence-electron chi connectivity index (χ0n) is 10.7. The molecule has 1 N–H and O–H groups in total. The Morgan fingerprint density at radius 1 is 1.18 bits per heavy atom. The van der Waals surface area contributed by atoms with Gasteiger partial charge in [-0.05, 0) is 18.6 Å². The Morgan fingerprint density at radius 3 is 2.12 bits per heavy atom. The molecule has 0 aliphatic rings. The third-order valence-electron chi connectivity index (χ3n) is 2.22. The summed E-state index contributed by atoms with van der Waals surface area (Å²) in [5.74, 6) is 0.368. The maximum atomic E-state index is 8.92. The van der Waals surface area contributed by atoms with Crippen molar-refractivity contribution in [2.45, 2.75) is 46.0 Å². The first-order valence-electron chi connectivity index (χ1n) is 5.89. The molecule has 0 unspecified atom stereocenters. The molecule has 3 heteroatoms. The fourth-order valence-electron chi connectivity index (χ4n) is 1.17. The standard InChI is InChI=1S/C7H8O.C7H15.Co.O/c1-6-4-2-3-5-7(6)8;1-3-5-7-6-4-2;;/h2-5,8H,1H3;1,3-7H2,2H3;;/q;-1;;. The van der Waals surface area contributed by atoms with Gasteiger partial charge in [-0.1, -0.05) is 50.8 Å². The minimum atomic E-state index is 0.368. The molecule has 0 aromatic heterocycles. The maximum absolute atomic E-state index is 8.92. The summed E-state index contributed by atoms with van der Waals surface area (Å²) in [6, 6.07) is 7.25. The van der Waals surface area contributed by atoms with Gasteiger partial charge in [-0.3, -0.25) is 0 Å². The zero-order valence-corrected chi connectivity index (χ0v) is 11.8. The molecule has 0 aliphatic heterocycles. The van der Waals surface area contributed by atoms with E-state index in [4.69, 9.17) is 8.97 Å². The molecule has 0 atom stereocenters. The second-order valence-electron chi connectivity index (χ2n) is 3.70. The second-order valence-corrected chi connectivity index (χ2v) is 3.70. The van der Waals surface area contributed by atoms with Gasteiger partial charge in [0.05, 0.1) is 0 Å². The Labute approximate surface area is 113 Å². The van der Waals surface area contributed by atoms with E-state index in [-0.39, 0.29) is 0 Å². The number of benzene rings is 1. The molecule has 1 rings (SSSR count). The summed E-state index contributed by atoms with van der Waals surface area (Å²) in [5.41, 5.74) is 0.924. The molecule has 101 valence electrons. The van der Waals surface area contributed by atoms with Crippen molar-refractivity contribution in [1.29, 1.82) is 0 Å². The normalized spacial score (nSPS) is 8.47. The fourth-order valence-corrected chi connectivity index (χ4v) is 1.17. The van der Waals surface area contributed by atoms with Gasteiger partial charge < -0.3 is 12.0 Å². The Hall–Kier alpha value is -0.674. The molecule has 0 saturated carbocycles. The predicted octanol–water partition coefficient (Wildman–Crippen LogP) is 4.37. The molecule has 0 aliphatic carbocycles. The summed E-state index contributed by atoms with van der Waals surface area (Å²) in [5, 5.41) is 8.92. The quantitative estimate of drug-likeness (QED) is 0.657. The van der Waals surface area contributed by atoms with E-state index in [1.807, 2.05) is 25.1 Å². The van der Waals surface area contributed by atoms with Crippen molar-refractivity contribution in [3.05, 3.63) is 36.8 Å². The van der Waals surface area contributed by atoms with Gasteiger partial charge in [0.1, 0.15) is 5.75 Å². The van der Waals surface area contributed by atoms with Gasteiger partial charge in [0.2, 0.25) is 0 Å². The number of aryl methyl sites for hydroxylation is 1. The van der Waals surface area contributed by atoms with Crippen LogP contribution in [-0.4, -0.2) is 5.11 Å². The summed E-state index contributed by atoms with van der Waals surface area (Å²) < 4.78 is 7.94. The van der Waals surface area contributed by atoms with E-state index in [1.165, 1.54) is 25.7 Å². The first kappa shape index (κ1) is 18.7. The first-order valence-corrected chi connectivity index (χ1v) is 6.32. The van der Waals surface area contributed by atoms with Crippen molar-refractivity contribution in [1.82, 2.24) is 0 Å². The number of rotatable bonds is 4. The Balaban J connectivity index is 0. The molecule has 0 heterocycles. The molecular formula is C14H23CoO2-. The number of hydrogen-bond donors (Lipinski definition) is 1. The molecule has 0 spiro atoms. The summed E-state index contributed by atoms with van der Waals surface area (Å²) >= 11 is 2.31. The number of phenolic OH excluding ortho intramolecular Hbond substituents is 1. The van der Waals surface area contributed by atoms with Gasteiger partial charge in [0.25, 0.3) is 0 Å². The van der Waals surface area contributed by atoms with Gasteiger partial charge >= 0.3 is 19.5 Å². The Morgan fingerprint density at radius 2 is 1.76 bits per heavy atom. The van der Waals surface area contributed by atoms with Crippen LogP contribution in [0.1, 0.15) is 44.6 Å². The number of hydrogen-bond acceptors (Lipinski definition) is 2. The van der Waals surface area contributed by atoms with Gasteiger partial charge in [0.15, 0.2) is 0 Å². The fraction of sp³-hybridized carbons (Fsp3) is 0.500. The Bertz CT molecular complexity index is 239. The van der Waals surface area contributed by atoms with Crippen LogP contribution in [0.25, 0.3) is 0 Å². The average molecular weight is 282 g/mol. The number of phenols is 1. The van der Waals surface area contributed by atoms with E-state index in [9.17, 15) is 0 Å². The van der Waals surface area contributed by atoms with Crippen molar-refractivity contribution >= 4 is 0 Å². The number of para-hydroxylation sites is 1. The van der Waals surface area contributed by atoms with Gasteiger partial charge in [0, 0.05) is 0 Å². The van der Waals surface area contributed by atoms with Crippen molar-refractivity contribution in [2.24, 2.45) is 0 Å². The van der Waals surface area contributed by atoms with E-state index in [2.05, 4.69) is 29.5 Å². The monoisotopic (exact) mass is 282 g/mol. The van der Waals surface area contributed by atoms with Crippen LogP contribution in [-0.2, 0) is 19.5 Å². The summed E-state index contributed by atoms with van der Waals surface area (Å²) in [4.78, 5) is 0. The Kier molecular flexibility index (Phi) is 16.8. The number of aromatic hydroxyl groups is 1. The molecule has 2 nitrogen and oxygen atoms in total. The van der Waals surface area contributed by atoms with Crippen LogP contribution in [0.3, 0.4) is 0 Å². The molecule has 0 bridgehead atoms. The van der Waals surface area contributed by atoms with Crippen molar-refractivity contribution < 1.29 is 24.6 Å². The van der Waals surface area contributed by atoms with Gasteiger partial charge in [-0.25, -0.2) is 0 Å². The van der Waals surface area contributed by atoms with Crippen LogP contribution < -0.4 is 0 Å². The molecule has 1 aromatic carbocycles. The van der Waals surface area contributed by atoms with Crippen LogP contribution in [0.5, 0.6) is 5.75 Å². The van der Waals surface area contributed by atoms with Crippen LogP contribution >= 0.6 is 0 Å². The molecule has 0 saturated heterocycles. The van der Waals surface area contributed by atoms with Gasteiger partial charge in [-0.2, -0.15) is 6.42 Å². The predicted molar refractivity (Wildman–Crippen MR) is 67.6 cm³/mol. The molecule has 0 radical (unpaired) electrons. The van der Waals surface area contributed by atoms with E-state index in [0.717, 1.165) is 12.0 Å². The topological polar surface area (TPSA) is 37.3 Å². The summed E-state index contributed by atoms with van der Waals surface area (Å²) in [7, 11) is 0. The minimum absolute atomic E-state index is 0.368. The van der Waals surface area contributed by atoms with E-state index in [0.29, 0.717) is 5.75 Å². The van der Waals surface area contributed by atoms with Crippen molar-refractivity contribution in [3.8, 4) is 5.75 Å². The zero-order chi connectivity index (χ0) is 13.5. The van der Waals surface area contributed by atoms with Gasteiger partial charge in [-0.15, -0.1) is 0 Å². The average Bonchev–Trinajstić information content (AvgIpc) is 2.37. The number of unbranched alkanes of at least 4 members (excludes halogenated alkanes) is 4.